The van der Waals surface area contributed by atoms with Crippen LogP contribution in [0.4, 0.5) is 5.69 Å². The lowest BCUT2D eigenvalue weighted by molar-refractivity contribution is -0.890. The molecule has 25 heavy (non-hydrogen) atoms. The van der Waals surface area contributed by atoms with Crippen molar-refractivity contribution in [1.82, 2.24) is 5.32 Å². The molecule has 0 amide bonds. The van der Waals surface area contributed by atoms with Gasteiger partial charge in [0.2, 0.25) is 0 Å². The number of thiocarbonyl (C=S) groups is 1. The van der Waals surface area contributed by atoms with Gasteiger partial charge in [-0.15, -0.1) is 0 Å². The lowest BCUT2D eigenvalue weighted by Crippen LogP contribution is -3.07. The van der Waals surface area contributed by atoms with Gasteiger partial charge in [0.05, 0.1) is 33.3 Å². The molecule has 0 bridgehead atoms. The quantitative estimate of drug-likeness (QED) is 0.694. The SMILES string of the molecule is COc1ccccc1[C@@H](CNC(=S)Nc1cc(C)cc(C)c1)[NH+](C)C. The second-order valence-electron chi connectivity index (χ2n) is 6.58. The van der Waals surface area contributed by atoms with Gasteiger partial charge >= 0.3 is 0 Å². The standard InChI is InChI=1S/C20H27N3OS/c1-14-10-15(2)12-16(11-14)22-20(25)21-13-18(23(3)4)17-8-6-7-9-19(17)24-5/h6-12,18H,13H2,1-5H3,(H2,21,22,25)/p+1/t18-/m1/s1. The fraction of sp³-hybridized carbons (Fsp3) is 0.350. The van der Waals surface area contributed by atoms with Crippen molar-refractivity contribution in [3.05, 3.63) is 59.2 Å². The zero-order valence-corrected chi connectivity index (χ0v) is 16.5. The van der Waals surface area contributed by atoms with E-state index < -0.39 is 0 Å². The van der Waals surface area contributed by atoms with Crippen LogP contribution in [0.2, 0.25) is 0 Å². The Morgan fingerprint density at radius 1 is 1.12 bits per heavy atom. The summed E-state index contributed by atoms with van der Waals surface area (Å²) in [6, 6.07) is 14.7. The van der Waals surface area contributed by atoms with Crippen molar-refractivity contribution < 1.29 is 9.64 Å². The number of quaternary nitrogens is 1. The van der Waals surface area contributed by atoms with Gasteiger partial charge in [-0.2, -0.15) is 0 Å². The Balaban J connectivity index is 2.04. The molecule has 0 unspecified atom stereocenters. The Morgan fingerprint density at radius 3 is 2.36 bits per heavy atom. The summed E-state index contributed by atoms with van der Waals surface area (Å²) in [7, 11) is 5.99. The fourth-order valence-electron chi connectivity index (χ4n) is 3.00. The predicted molar refractivity (Wildman–Crippen MR) is 109 cm³/mol. The molecule has 2 aromatic rings. The van der Waals surface area contributed by atoms with Crippen LogP contribution in [0.25, 0.3) is 0 Å². The first-order valence-corrected chi connectivity index (χ1v) is 8.87. The maximum absolute atomic E-state index is 5.52. The van der Waals surface area contributed by atoms with Gasteiger partial charge in [0.15, 0.2) is 5.11 Å². The van der Waals surface area contributed by atoms with Crippen LogP contribution in [-0.2, 0) is 0 Å². The van der Waals surface area contributed by atoms with E-state index in [9.17, 15) is 0 Å². The molecule has 4 nitrogen and oxygen atoms in total. The number of ether oxygens (including phenoxy) is 1. The second kappa shape index (κ2) is 8.83. The van der Waals surface area contributed by atoms with E-state index >= 15 is 0 Å². The highest BCUT2D eigenvalue weighted by molar-refractivity contribution is 7.80. The van der Waals surface area contributed by atoms with Gasteiger partial charge in [0.1, 0.15) is 11.8 Å². The zero-order chi connectivity index (χ0) is 18.4. The second-order valence-corrected chi connectivity index (χ2v) is 6.99. The van der Waals surface area contributed by atoms with Crippen LogP contribution in [0.1, 0.15) is 22.7 Å². The minimum atomic E-state index is 0.232. The van der Waals surface area contributed by atoms with Crippen molar-refractivity contribution in [1.29, 1.82) is 0 Å². The topological polar surface area (TPSA) is 37.7 Å². The molecule has 0 aliphatic heterocycles. The first-order valence-electron chi connectivity index (χ1n) is 8.47. The summed E-state index contributed by atoms with van der Waals surface area (Å²) in [6.07, 6.45) is 0. The molecule has 0 spiro atoms. The molecule has 2 rings (SSSR count). The molecule has 134 valence electrons. The monoisotopic (exact) mass is 358 g/mol. The molecule has 3 N–H and O–H groups in total. The maximum atomic E-state index is 5.52. The number of aryl methyl sites for hydroxylation is 2. The average Bonchev–Trinajstić information content (AvgIpc) is 2.54. The minimum Gasteiger partial charge on any atom is -0.496 e. The summed E-state index contributed by atoms with van der Waals surface area (Å²) in [5.74, 6) is 0.906. The van der Waals surface area contributed by atoms with E-state index in [1.54, 1.807) is 7.11 Å². The van der Waals surface area contributed by atoms with Crippen molar-refractivity contribution >= 4 is 23.0 Å². The summed E-state index contributed by atoms with van der Waals surface area (Å²) in [5, 5.41) is 7.25. The van der Waals surface area contributed by atoms with Crippen LogP contribution in [0.3, 0.4) is 0 Å². The zero-order valence-electron chi connectivity index (χ0n) is 15.6. The summed E-state index contributed by atoms with van der Waals surface area (Å²) in [4.78, 5) is 1.31. The molecule has 0 aliphatic carbocycles. The molecule has 2 aromatic carbocycles. The third-order valence-corrected chi connectivity index (χ3v) is 4.40. The van der Waals surface area contributed by atoms with Crippen LogP contribution in [0, 0.1) is 13.8 Å². The normalized spacial score (nSPS) is 11.9. The van der Waals surface area contributed by atoms with Crippen LogP contribution in [-0.4, -0.2) is 32.9 Å². The molecule has 1 atom stereocenters. The summed E-state index contributed by atoms with van der Waals surface area (Å²) >= 11 is 5.48. The van der Waals surface area contributed by atoms with Crippen molar-refractivity contribution in [3.63, 3.8) is 0 Å². The highest BCUT2D eigenvalue weighted by Crippen LogP contribution is 2.22. The van der Waals surface area contributed by atoms with Gasteiger partial charge in [-0.25, -0.2) is 0 Å². The number of hydrogen-bond acceptors (Lipinski definition) is 2. The first kappa shape index (κ1) is 19.2. The number of nitrogens with one attached hydrogen (secondary N) is 3. The predicted octanol–water partition coefficient (Wildman–Crippen LogP) is 2.48. The third-order valence-electron chi connectivity index (χ3n) is 4.16. The van der Waals surface area contributed by atoms with E-state index in [1.165, 1.54) is 21.6 Å². The molecular formula is C20H28N3OS+. The van der Waals surface area contributed by atoms with E-state index in [4.69, 9.17) is 17.0 Å². The number of likely N-dealkylation sites (N-methyl/N-ethyl adjacent to an activating group) is 1. The molecule has 0 radical (unpaired) electrons. The Labute approximate surface area is 156 Å². The van der Waals surface area contributed by atoms with Gasteiger partial charge < -0.3 is 20.3 Å². The largest absolute Gasteiger partial charge is 0.496 e. The van der Waals surface area contributed by atoms with Gasteiger partial charge in [-0.1, -0.05) is 18.2 Å². The van der Waals surface area contributed by atoms with E-state index in [0.29, 0.717) is 5.11 Å². The number of anilines is 1. The Bertz CT molecular complexity index is 710. The Morgan fingerprint density at radius 2 is 1.76 bits per heavy atom. The summed E-state index contributed by atoms with van der Waals surface area (Å²) in [6.45, 7) is 4.89. The lowest BCUT2D eigenvalue weighted by atomic mass is 10.0. The molecular weight excluding hydrogens is 330 g/mol. The number of hydrogen-bond donors (Lipinski definition) is 3. The number of benzene rings is 2. The molecule has 0 aromatic heterocycles. The van der Waals surface area contributed by atoms with Crippen LogP contribution in [0.5, 0.6) is 5.75 Å². The van der Waals surface area contributed by atoms with Crippen molar-refractivity contribution in [2.24, 2.45) is 0 Å². The Hall–Kier alpha value is -2.11. The summed E-state index contributed by atoms with van der Waals surface area (Å²) < 4.78 is 5.52. The van der Waals surface area contributed by atoms with Crippen molar-refractivity contribution in [2.75, 3.05) is 33.1 Å². The third kappa shape index (κ3) is 5.44. The van der Waals surface area contributed by atoms with E-state index in [1.807, 2.05) is 18.2 Å². The minimum absolute atomic E-state index is 0.232. The lowest BCUT2D eigenvalue weighted by Gasteiger charge is -2.24. The molecule has 0 saturated heterocycles. The van der Waals surface area contributed by atoms with Crippen LogP contribution < -0.4 is 20.3 Å². The van der Waals surface area contributed by atoms with Crippen LogP contribution in [0.15, 0.2) is 42.5 Å². The molecule has 0 saturated carbocycles. The van der Waals surface area contributed by atoms with Gasteiger partial charge in [-0.05, 0) is 61.5 Å². The number of rotatable bonds is 6. The molecule has 5 heteroatoms. The molecule has 0 fully saturated rings. The number of methoxy groups -OCH3 is 1. The molecule has 0 heterocycles. The van der Waals surface area contributed by atoms with Gasteiger partial charge in [0.25, 0.3) is 0 Å². The van der Waals surface area contributed by atoms with Crippen LogP contribution >= 0.6 is 12.2 Å². The average molecular weight is 359 g/mol. The van der Waals surface area contributed by atoms with Crippen molar-refractivity contribution in [3.8, 4) is 5.75 Å². The Kier molecular flexibility index (Phi) is 6.79. The number of para-hydroxylation sites is 1. The fourth-order valence-corrected chi connectivity index (χ4v) is 3.20. The molecule has 0 aliphatic rings. The smallest absolute Gasteiger partial charge is 0.171 e. The van der Waals surface area contributed by atoms with Gasteiger partial charge in [-0.3, -0.25) is 0 Å². The first-order chi connectivity index (χ1) is 11.9. The van der Waals surface area contributed by atoms with E-state index in [2.05, 4.69) is 62.8 Å². The highest BCUT2D eigenvalue weighted by atomic mass is 32.1. The van der Waals surface area contributed by atoms with Crippen molar-refractivity contribution in [2.45, 2.75) is 19.9 Å². The maximum Gasteiger partial charge on any atom is 0.171 e. The highest BCUT2D eigenvalue weighted by Gasteiger charge is 2.21. The van der Waals surface area contributed by atoms with E-state index in [-0.39, 0.29) is 6.04 Å². The summed E-state index contributed by atoms with van der Waals surface area (Å²) in [5.41, 5.74) is 4.62. The van der Waals surface area contributed by atoms with Gasteiger partial charge in [0, 0.05) is 5.69 Å². The van der Waals surface area contributed by atoms with E-state index in [0.717, 1.165) is 18.0 Å².